The number of carbonyl (C=O) groups excluding carboxylic acids is 1. The van der Waals surface area contributed by atoms with Crippen molar-refractivity contribution in [3.8, 4) is 0 Å². The van der Waals surface area contributed by atoms with Gasteiger partial charge in [0.15, 0.2) is 0 Å². The molecule has 0 aliphatic heterocycles. The Bertz CT molecular complexity index is 644. The lowest BCUT2D eigenvalue weighted by molar-refractivity contribution is -0.138. The van der Waals surface area contributed by atoms with Gasteiger partial charge in [0.1, 0.15) is 6.04 Å². The molecule has 22 heavy (non-hydrogen) atoms. The molecule has 0 heterocycles. The number of nitrogens with one attached hydrogen (secondary N) is 2. The van der Waals surface area contributed by atoms with E-state index in [1.807, 2.05) is 0 Å². The summed E-state index contributed by atoms with van der Waals surface area (Å²) in [5.74, 6) is -1.85. The molecule has 3 N–H and O–H groups in total. The first-order valence-corrected chi connectivity index (χ1v) is 7.88. The second-order valence-corrected chi connectivity index (χ2v) is 6.22. The van der Waals surface area contributed by atoms with Gasteiger partial charge in [-0.1, -0.05) is 6.07 Å². The summed E-state index contributed by atoms with van der Waals surface area (Å²) in [6.45, 7) is 1.63. The zero-order valence-corrected chi connectivity index (χ0v) is 13.0. The molecule has 1 atom stereocenters. The van der Waals surface area contributed by atoms with Crippen LogP contribution in [-0.2, 0) is 19.6 Å². The molecule has 0 saturated carbocycles. The number of hydrogen-bond donors (Lipinski definition) is 3. The summed E-state index contributed by atoms with van der Waals surface area (Å²) in [6, 6.07) is 4.25. The van der Waals surface area contributed by atoms with Crippen LogP contribution in [0.5, 0.6) is 0 Å². The monoisotopic (exact) mass is 330 g/mol. The van der Waals surface area contributed by atoms with Crippen molar-refractivity contribution in [2.24, 2.45) is 0 Å². The number of amides is 1. The van der Waals surface area contributed by atoms with Crippen molar-refractivity contribution in [1.29, 1.82) is 0 Å². The molecule has 1 amide bonds. The Morgan fingerprint density at radius 2 is 2.05 bits per heavy atom. The molecule has 0 aliphatic carbocycles. The van der Waals surface area contributed by atoms with Crippen molar-refractivity contribution < 1.29 is 27.9 Å². The van der Waals surface area contributed by atoms with E-state index in [1.54, 1.807) is 0 Å². The van der Waals surface area contributed by atoms with Gasteiger partial charge >= 0.3 is 5.97 Å². The summed E-state index contributed by atoms with van der Waals surface area (Å²) in [5.41, 5.74) is 0.0581. The molecule has 0 radical (unpaired) electrons. The van der Waals surface area contributed by atoms with Crippen molar-refractivity contribution in [2.45, 2.75) is 17.9 Å². The fourth-order valence-electron chi connectivity index (χ4n) is 1.51. The number of aliphatic carboxylic acids is 1. The van der Waals surface area contributed by atoms with Gasteiger partial charge in [-0.15, -0.1) is 0 Å². The molecule has 0 aromatic heterocycles. The van der Waals surface area contributed by atoms with Crippen molar-refractivity contribution in [3.05, 3.63) is 29.8 Å². The van der Waals surface area contributed by atoms with Gasteiger partial charge in [0.05, 0.1) is 11.5 Å². The van der Waals surface area contributed by atoms with Crippen LogP contribution in [0.2, 0.25) is 0 Å². The number of ether oxygens (including phenoxy) is 1. The molecule has 1 aromatic rings. The molecule has 1 rings (SSSR count). The third kappa shape index (κ3) is 5.10. The van der Waals surface area contributed by atoms with E-state index in [0.29, 0.717) is 0 Å². The highest BCUT2D eigenvalue weighted by Gasteiger charge is 2.18. The van der Waals surface area contributed by atoms with Gasteiger partial charge in [0.25, 0.3) is 5.91 Å². The second-order valence-electron chi connectivity index (χ2n) is 4.45. The van der Waals surface area contributed by atoms with E-state index in [4.69, 9.17) is 9.84 Å². The van der Waals surface area contributed by atoms with Crippen LogP contribution >= 0.6 is 0 Å². The van der Waals surface area contributed by atoms with E-state index in [1.165, 1.54) is 38.3 Å². The van der Waals surface area contributed by atoms with Gasteiger partial charge in [-0.2, -0.15) is 0 Å². The smallest absolute Gasteiger partial charge is 0.325 e. The lowest BCUT2D eigenvalue weighted by Crippen LogP contribution is -2.38. The summed E-state index contributed by atoms with van der Waals surface area (Å²) in [4.78, 5) is 22.5. The van der Waals surface area contributed by atoms with Crippen molar-refractivity contribution in [3.63, 3.8) is 0 Å². The minimum Gasteiger partial charge on any atom is -0.480 e. The highest BCUT2D eigenvalue weighted by molar-refractivity contribution is 7.89. The van der Waals surface area contributed by atoms with Gasteiger partial charge in [0, 0.05) is 19.2 Å². The number of methoxy groups -OCH3 is 1. The van der Waals surface area contributed by atoms with Gasteiger partial charge in [0.2, 0.25) is 10.0 Å². The van der Waals surface area contributed by atoms with Crippen LogP contribution < -0.4 is 10.0 Å². The molecule has 9 heteroatoms. The number of hydrogen-bond acceptors (Lipinski definition) is 5. The standard InChI is InChI=1S/C13H18N2O6S/c1-9(13(17)18)15-12(16)10-4-3-5-11(8-10)22(19,20)14-6-7-21-2/h3-5,8-9,14H,6-7H2,1-2H3,(H,15,16)(H,17,18). The fraction of sp³-hybridized carbons (Fsp3) is 0.385. The SMILES string of the molecule is COCCNS(=O)(=O)c1cccc(C(=O)NC(C)C(=O)O)c1. The predicted molar refractivity (Wildman–Crippen MR) is 78.1 cm³/mol. The van der Waals surface area contributed by atoms with Crippen LogP contribution in [0, 0.1) is 0 Å². The average Bonchev–Trinajstić information content (AvgIpc) is 2.47. The maximum Gasteiger partial charge on any atom is 0.325 e. The zero-order valence-electron chi connectivity index (χ0n) is 12.2. The normalized spacial score (nSPS) is 12.6. The molecule has 0 fully saturated rings. The lowest BCUT2D eigenvalue weighted by atomic mass is 10.2. The highest BCUT2D eigenvalue weighted by atomic mass is 32.2. The van der Waals surface area contributed by atoms with Gasteiger partial charge < -0.3 is 15.2 Å². The first-order chi connectivity index (χ1) is 10.3. The minimum atomic E-state index is -3.76. The molecule has 1 aromatic carbocycles. The van der Waals surface area contributed by atoms with E-state index in [2.05, 4.69) is 10.0 Å². The number of rotatable bonds is 8. The molecule has 8 nitrogen and oxygen atoms in total. The Hall–Kier alpha value is -1.97. The third-order valence-corrected chi connectivity index (χ3v) is 4.18. The van der Waals surface area contributed by atoms with E-state index >= 15 is 0 Å². The first kappa shape index (κ1) is 18.1. The van der Waals surface area contributed by atoms with Gasteiger partial charge in [-0.05, 0) is 25.1 Å². The summed E-state index contributed by atoms with van der Waals surface area (Å²) in [5, 5.41) is 11.0. The molecule has 0 aliphatic rings. The van der Waals surface area contributed by atoms with Crippen LogP contribution in [0.3, 0.4) is 0 Å². The van der Waals surface area contributed by atoms with Crippen LogP contribution in [0.15, 0.2) is 29.2 Å². The number of benzene rings is 1. The summed E-state index contributed by atoms with van der Waals surface area (Å²) in [7, 11) is -2.31. The highest BCUT2D eigenvalue weighted by Crippen LogP contribution is 2.11. The Kier molecular flexibility index (Phi) is 6.47. The molecule has 0 spiro atoms. The molecule has 0 saturated heterocycles. The maximum atomic E-state index is 12.0. The number of carboxylic acid groups (broad SMARTS) is 1. The van der Waals surface area contributed by atoms with Gasteiger partial charge in [-0.3, -0.25) is 9.59 Å². The van der Waals surface area contributed by atoms with Crippen LogP contribution in [0.4, 0.5) is 0 Å². The second kappa shape index (κ2) is 7.87. The summed E-state index contributed by atoms with van der Waals surface area (Å²) < 4.78 is 31.1. The number of sulfonamides is 1. The first-order valence-electron chi connectivity index (χ1n) is 6.40. The van der Waals surface area contributed by atoms with Crippen LogP contribution in [0.25, 0.3) is 0 Å². The summed E-state index contributed by atoms with van der Waals surface area (Å²) in [6.07, 6.45) is 0. The maximum absolute atomic E-state index is 12.0. The van der Waals surface area contributed by atoms with Crippen LogP contribution in [0.1, 0.15) is 17.3 Å². The Labute approximate surface area is 128 Å². The predicted octanol–water partition coefficient (Wildman–Crippen LogP) is -0.186. The lowest BCUT2D eigenvalue weighted by Gasteiger charge is -2.11. The van der Waals surface area contributed by atoms with E-state index in [9.17, 15) is 18.0 Å². The van der Waals surface area contributed by atoms with E-state index in [0.717, 1.165) is 0 Å². The Morgan fingerprint density at radius 1 is 1.36 bits per heavy atom. The topological polar surface area (TPSA) is 122 Å². The van der Waals surface area contributed by atoms with E-state index in [-0.39, 0.29) is 23.6 Å². The Morgan fingerprint density at radius 3 is 2.64 bits per heavy atom. The molecular formula is C13H18N2O6S. The zero-order chi connectivity index (χ0) is 16.8. The minimum absolute atomic E-state index is 0.0581. The largest absolute Gasteiger partial charge is 0.480 e. The van der Waals surface area contributed by atoms with E-state index < -0.39 is 27.9 Å². The summed E-state index contributed by atoms with van der Waals surface area (Å²) >= 11 is 0. The molecular weight excluding hydrogens is 312 g/mol. The quantitative estimate of drug-likeness (QED) is 0.568. The molecule has 122 valence electrons. The molecule has 1 unspecified atom stereocenters. The number of carboxylic acids is 1. The number of carbonyl (C=O) groups is 2. The van der Waals surface area contributed by atoms with Crippen molar-refractivity contribution in [2.75, 3.05) is 20.3 Å². The fourth-order valence-corrected chi connectivity index (χ4v) is 2.57. The van der Waals surface area contributed by atoms with Crippen molar-refractivity contribution >= 4 is 21.9 Å². The van der Waals surface area contributed by atoms with Crippen LogP contribution in [-0.4, -0.2) is 51.7 Å². The third-order valence-electron chi connectivity index (χ3n) is 2.72. The van der Waals surface area contributed by atoms with Gasteiger partial charge in [-0.25, -0.2) is 13.1 Å². The van der Waals surface area contributed by atoms with Crippen molar-refractivity contribution in [1.82, 2.24) is 10.0 Å². The average molecular weight is 330 g/mol. The Balaban J connectivity index is 2.89. The molecule has 0 bridgehead atoms.